The molecule has 2 atom stereocenters. The summed E-state index contributed by atoms with van der Waals surface area (Å²) in [5, 5.41) is 3.86. The van der Waals surface area contributed by atoms with Crippen molar-refractivity contribution in [2.45, 2.75) is 24.2 Å². The van der Waals surface area contributed by atoms with Crippen molar-refractivity contribution in [2.24, 2.45) is 11.0 Å². The van der Waals surface area contributed by atoms with Crippen LogP contribution in [0.4, 0.5) is 4.39 Å². The molecule has 0 saturated heterocycles. The zero-order valence-electron chi connectivity index (χ0n) is 12.7. The normalized spacial score (nSPS) is 19.9. The van der Waals surface area contributed by atoms with Crippen molar-refractivity contribution in [2.75, 3.05) is 5.75 Å². The highest BCUT2D eigenvalue weighted by Gasteiger charge is 2.36. The van der Waals surface area contributed by atoms with Crippen molar-refractivity contribution < 1.29 is 13.6 Å². The Labute approximate surface area is 138 Å². The van der Waals surface area contributed by atoms with Gasteiger partial charge in [0.2, 0.25) is 5.91 Å². The van der Waals surface area contributed by atoms with Crippen LogP contribution >= 0.6 is 11.8 Å². The van der Waals surface area contributed by atoms with Gasteiger partial charge in [-0.2, -0.15) is 5.10 Å². The van der Waals surface area contributed by atoms with Crippen LogP contribution in [0.3, 0.4) is 0 Å². The number of benzene rings is 1. The molecule has 0 unspecified atom stereocenters. The summed E-state index contributed by atoms with van der Waals surface area (Å²) < 4.78 is 19.1. The lowest BCUT2D eigenvalue weighted by molar-refractivity contribution is -0.118. The average Bonchev–Trinajstić information content (AvgIpc) is 3.08. The molecule has 1 amide bonds. The number of rotatable bonds is 6. The second-order valence-corrected chi connectivity index (χ2v) is 6.59. The first-order valence-electron chi connectivity index (χ1n) is 7.42. The van der Waals surface area contributed by atoms with Crippen LogP contribution in [-0.2, 0) is 4.79 Å². The van der Waals surface area contributed by atoms with Crippen molar-refractivity contribution in [3.63, 3.8) is 0 Å². The fourth-order valence-corrected chi connectivity index (χ4v) is 2.99. The molecule has 0 spiro atoms. The van der Waals surface area contributed by atoms with Gasteiger partial charge >= 0.3 is 0 Å². The Morgan fingerprint density at radius 3 is 2.96 bits per heavy atom. The second kappa shape index (κ2) is 7.00. The van der Waals surface area contributed by atoms with Crippen LogP contribution in [0.2, 0.25) is 0 Å². The van der Waals surface area contributed by atoms with E-state index >= 15 is 0 Å². The van der Waals surface area contributed by atoms with Crippen molar-refractivity contribution in [3.05, 3.63) is 53.7 Å². The Morgan fingerprint density at radius 1 is 1.43 bits per heavy atom. The van der Waals surface area contributed by atoms with Gasteiger partial charge in [-0.1, -0.05) is 19.1 Å². The molecule has 1 fully saturated rings. The smallest absolute Gasteiger partial charge is 0.250 e. The number of nitrogens with one attached hydrogen (secondary N) is 1. The summed E-state index contributed by atoms with van der Waals surface area (Å²) in [6.07, 6.45) is 2.64. The number of carbonyl (C=O) groups excluding carboxylic acids is 1. The average molecular weight is 332 g/mol. The Hall–Kier alpha value is -2.08. The topological polar surface area (TPSA) is 54.6 Å². The van der Waals surface area contributed by atoms with E-state index in [-0.39, 0.29) is 17.5 Å². The maximum absolute atomic E-state index is 13.4. The number of hydrazone groups is 1. The Kier molecular flexibility index (Phi) is 4.81. The number of hydrogen-bond donors (Lipinski definition) is 1. The van der Waals surface area contributed by atoms with E-state index in [9.17, 15) is 9.18 Å². The van der Waals surface area contributed by atoms with Gasteiger partial charge in [-0.15, -0.1) is 11.8 Å². The highest BCUT2D eigenvalue weighted by molar-refractivity contribution is 8.00. The number of hydrogen-bond acceptors (Lipinski definition) is 4. The molecule has 3 rings (SSSR count). The number of furan rings is 1. The fraction of sp³-hybridized carbons (Fsp3) is 0.294. The van der Waals surface area contributed by atoms with E-state index in [1.165, 1.54) is 12.3 Å². The molecule has 1 aliphatic carbocycles. The molecule has 6 heteroatoms. The molecular formula is C17H17FN2O2S. The molecule has 2 aromatic rings. The monoisotopic (exact) mass is 332 g/mol. The first-order valence-corrected chi connectivity index (χ1v) is 8.41. The van der Waals surface area contributed by atoms with Gasteiger partial charge in [-0.25, -0.2) is 9.82 Å². The highest BCUT2D eigenvalue weighted by Crippen LogP contribution is 2.47. The van der Waals surface area contributed by atoms with Crippen LogP contribution in [0.5, 0.6) is 0 Å². The molecule has 1 aromatic carbocycles. The lowest BCUT2D eigenvalue weighted by Gasteiger charge is -2.01. The zero-order chi connectivity index (χ0) is 16.2. The van der Waals surface area contributed by atoms with Gasteiger partial charge in [0, 0.05) is 10.8 Å². The van der Waals surface area contributed by atoms with Crippen molar-refractivity contribution in [1.29, 1.82) is 0 Å². The molecule has 1 N–H and O–H groups in total. The van der Waals surface area contributed by atoms with Gasteiger partial charge in [0.15, 0.2) is 0 Å². The third-order valence-corrected chi connectivity index (χ3v) is 4.75. The second-order valence-electron chi connectivity index (χ2n) is 5.57. The quantitative estimate of drug-likeness (QED) is 0.497. The molecule has 0 aliphatic heterocycles. The van der Waals surface area contributed by atoms with E-state index in [0.29, 0.717) is 22.5 Å². The predicted molar refractivity (Wildman–Crippen MR) is 88.1 cm³/mol. The lowest BCUT2D eigenvalue weighted by Crippen LogP contribution is -2.19. The van der Waals surface area contributed by atoms with Crippen LogP contribution < -0.4 is 5.43 Å². The fourth-order valence-electron chi connectivity index (χ4n) is 2.26. The largest absolute Gasteiger partial charge is 0.460 e. The van der Waals surface area contributed by atoms with E-state index in [1.807, 2.05) is 12.1 Å². The van der Waals surface area contributed by atoms with Crippen molar-refractivity contribution >= 4 is 23.9 Å². The molecule has 1 aromatic heterocycles. The lowest BCUT2D eigenvalue weighted by atomic mass is 10.3. The zero-order valence-corrected chi connectivity index (χ0v) is 13.5. The Bertz CT molecular complexity index is 729. The van der Waals surface area contributed by atoms with Gasteiger partial charge in [0.25, 0.3) is 0 Å². The summed E-state index contributed by atoms with van der Waals surface area (Å²) in [6.45, 7) is 2.19. The van der Waals surface area contributed by atoms with Crippen LogP contribution in [0.25, 0.3) is 0 Å². The molecular weight excluding hydrogens is 315 g/mol. The maximum atomic E-state index is 13.4. The standard InChI is InChI=1S/C17H17FN2O2S/c1-11-8-13(11)15-7-6-12(22-15)9-19-20-17(21)10-23-16-5-3-2-4-14(16)18/h2-7,9,11,13H,8,10H2,1H3,(H,20,21)/b19-9-/t11-,13+/m1/s1. The summed E-state index contributed by atoms with van der Waals surface area (Å²) >= 11 is 1.13. The molecule has 0 radical (unpaired) electrons. The van der Waals surface area contributed by atoms with E-state index < -0.39 is 0 Å². The van der Waals surface area contributed by atoms with E-state index in [2.05, 4.69) is 17.5 Å². The Morgan fingerprint density at radius 2 is 2.22 bits per heavy atom. The molecule has 1 heterocycles. The molecule has 1 aliphatic rings. The predicted octanol–water partition coefficient (Wildman–Crippen LogP) is 3.78. The third kappa shape index (κ3) is 4.22. The van der Waals surface area contributed by atoms with Crippen LogP contribution in [0.15, 0.2) is 50.8 Å². The van der Waals surface area contributed by atoms with Gasteiger partial charge < -0.3 is 4.42 Å². The van der Waals surface area contributed by atoms with Crippen LogP contribution in [0, 0.1) is 11.7 Å². The molecule has 120 valence electrons. The summed E-state index contributed by atoms with van der Waals surface area (Å²) in [5.74, 6) is 2.26. The van der Waals surface area contributed by atoms with Gasteiger partial charge in [-0.05, 0) is 36.6 Å². The third-order valence-electron chi connectivity index (χ3n) is 3.70. The number of nitrogens with zero attached hydrogens (tertiary/aromatic N) is 1. The van der Waals surface area contributed by atoms with E-state index in [1.54, 1.807) is 18.2 Å². The number of carbonyl (C=O) groups is 1. The van der Waals surface area contributed by atoms with Gasteiger partial charge in [0.05, 0.1) is 12.0 Å². The molecule has 4 nitrogen and oxygen atoms in total. The SMILES string of the molecule is C[C@@H]1C[C@@H]1c1ccc(/C=N\NC(=O)CSc2ccccc2F)o1. The molecule has 23 heavy (non-hydrogen) atoms. The minimum atomic E-state index is -0.328. The summed E-state index contributed by atoms with van der Waals surface area (Å²) in [6, 6.07) is 10.1. The maximum Gasteiger partial charge on any atom is 0.250 e. The van der Waals surface area contributed by atoms with Gasteiger partial charge in [0.1, 0.15) is 17.3 Å². The van der Waals surface area contributed by atoms with Crippen LogP contribution in [-0.4, -0.2) is 17.9 Å². The minimum absolute atomic E-state index is 0.0985. The number of amides is 1. The number of thioether (sulfide) groups is 1. The highest BCUT2D eigenvalue weighted by atomic mass is 32.2. The van der Waals surface area contributed by atoms with E-state index in [4.69, 9.17) is 4.42 Å². The first kappa shape index (κ1) is 15.8. The van der Waals surface area contributed by atoms with Crippen molar-refractivity contribution in [1.82, 2.24) is 5.43 Å². The summed E-state index contributed by atoms with van der Waals surface area (Å²) in [5.41, 5.74) is 2.41. The van der Waals surface area contributed by atoms with Crippen LogP contribution in [0.1, 0.15) is 30.8 Å². The van der Waals surface area contributed by atoms with Crippen molar-refractivity contribution in [3.8, 4) is 0 Å². The molecule has 0 bridgehead atoms. The first-order chi connectivity index (χ1) is 11.1. The Balaban J connectivity index is 1.45. The number of halogens is 1. The van der Waals surface area contributed by atoms with Gasteiger partial charge in [-0.3, -0.25) is 4.79 Å². The minimum Gasteiger partial charge on any atom is -0.460 e. The molecule has 1 saturated carbocycles. The summed E-state index contributed by atoms with van der Waals surface area (Å²) in [7, 11) is 0. The summed E-state index contributed by atoms with van der Waals surface area (Å²) in [4.78, 5) is 12.1. The van der Waals surface area contributed by atoms with E-state index in [0.717, 1.165) is 23.9 Å².